The molecule has 0 atom stereocenters. The third kappa shape index (κ3) is 5.27. The van der Waals surface area contributed by atoms with Crippen LogP contribution in [0, 0.1) is 5.82 Å². The number of halogens is 1. The van der Waals surface area contributed by atoms with Crippen LogP contribution in [0.5, 0.6) is 0 Å². The lowest BCUT2D eigenvalue weighted by molar-refractivity contribution is 0.305. The maximum Gasteiger partial charge on any atom is 0.274 e. The molecule has 0 aliphatic rings. The second kappa shape index (κ2) is 7.73. The standard InChI is InChI=1S/C11H15FN8O4S/c12-7-2-1-6(5-8(7)13)17-11(18-21)9-10(20-24-19-9)15-3-4-16-25(14,22)23/h1-2,5,16,21H,3-4,13H2,(H,15,20)(H,17,18)(H2,14,22,23). The second-order valence-electron chi connectivity index (χ2n) is 4.64. The second-order valence-corrected chi connectivity index (χ2v) is 6.02. The van der Waals surface area contributed by atoms with Crippen molar-refractivity contribution in [3.05, 3.63) is 29.7 Å². The van der Waals surface area contributed by atoms with E-state index in [1.165, 1.54) is 12.1 Å². The molecule has 8 N–H and O–H groups in total. The fourth-order valence-electron chi connectivity index (χ4n) is 1.72. The average molecular weight is 374 g/mol. The van der Waals surface area contributed by atoms with Gasteiger partial charge >= 0.3 is 0 Å². The molecule has 2 rings (SSSR count). The molecule has 1 aromatic heterocycles. The van der Waals surface area contributed by atoms with Gasteiger partial charge in [0.15, 0.2) is 5.69 Å². The SMILES string of the molecule is Nc1cc(N/C(=N\O)c2nonc2NCCNS(N)(=O)=O)ccc1F. The normalized spacial score (nSPS) is 12.2. The summed E-state index contributed by atoms with van der Waals surface area (Å²) < 4.78 is 41.3. The third-order valence-corrected chi connectivity index (χ3v) is 3.40. The van der Waals surface area contributed by atoms with Crippen LogP contribution in [0.4, 0.5) is 21.6 Å². The number of hydrogen-bond acceptors (Lipinski definition) is 9. The predicted molar refractivity (Wildman–Crippen MR) is 86.7 cm³/mol. The van der Waals surface area contributed by atoms with E-state index in [1.807, 2.05) is 0 Å². The van der Waals surface area contributed by atoms with Crippen LogP contribution in [0.15, 0.2) is 28.0 Å². The van der Waals surface area contributed by atoms with Crippen molar-refractivity contribution in [2.45, 2.75) is 0 Å². The van der Waals surface area contributed by atoms with Gasteiger partial charge in [0.1, 0.15) is 5.82 Å². The smallest absolute Gasteiger partial charge is 0.274 e. The van der Waals surface area contributed by atoms with Gasteiger partial charge in [-0.1, -0.05) is 5.16 Å². The van der Waals surface area contributed by atoms with E-state index in [0.717, 1.165) is 6.07 Å². The first-order valence-corrected chi connectivity index (χ1v) is 8.23. The van der Waals surface area contributed by atoms with Crippen molar-refractivity contribution in [2.75, 3.05) is 29.5 Å². The van der Waals surface area contributed by atoms with Crippen molar-refractivity contribution >= 4 is 33.2 Å². The summed E-state index contributed by atoms with van der Waals surface area (Å²) in [6.07, 6.45) is 0. The summed E-state index contributed by atoms with van der Waals surface area (Å²) in [5.74, 6) is -0.679. The first-order chi connectivity index (χ1) is 11.8. The van der Waals surface area contributed by atoms with Crippen molar-refractivity contribution in [3.8, 4) is 0 Å². The fourth-order valence-corrected chi connectivity index (χ4v) is 2.11. The highest BCUT2D eigenvalue weighted by Gasteiger charge is 2.18. The molecule has 0 fully saturated rings. The van der Waals surface area contributed by atoms with E-state index in [0.29, 0.717) is 5.69 Å². The Kier molecular flexibility index (Phi) is 5.68. The molecule has 0 amide bonds. The molecular formula is C11H15FN8O4S. The van der Waals surface area contributed by atoms with Gasteiger partial charge in [0, 0.05) is 18.8 Å². The molecule has 0 saturated carbocycles. The highest BCUT2D eigenvalue weighted by Crippen LogP contribution is 2.18. The minimum absolute atomic E-state index is 0.000928. The molecule has 0 aliphatic heterocycles. The maximum atomic E-state index is 13.2. The van der Waals surface area contributed by atoms with Crippen LogP contribution in [0.25, 0.3) is 0 Å². The molecule has 12 nitrogen and oxygen atoms in total. The number of oxime groups is 1. The Hall–Kier alpha value is -2.97. The summed E-state index contributed by atoms with van der Waals surface area (Å²) in [5, 5.41) is 29.5. The molecule has 0 radical (unpaired) electrons. The molecular weight excluding hydrogens is 359 g/mol. The topological polar surface area (TPSA) is 194 Å². The monoisotopic (exact) mass is 374 g/mol. The number of nitrogens with one attached hydrogen (secondary N) is 3. The van der Waals surface area contributed by atoms with Crippen molar-refractivity contribution < 1.29 is 22.6 Å². The van der Waals surface area contributed by atoms with Crippen molar-refractivity contribution in [2.24, 2.45) is 10.3 Å². The summed E-state index contributed by atoms with van der Waals surface area (Å²) in [6.45, 7) is 0.0680. The lowest BCUT2D eigenvalue weighted by Gasteiger charge is -2.08. The van der Waals surface area contributed by atoms with Gasteiger partial charge in [0.25, 0.3) is 10.2 Å². The van der Waals surface area contributed by atoms with Gasteiger partial charge in [-0.15, -0.1) is 0 Å². The van der Waals surface area contributed by atoms with Gasteiger partial charge in [-0.2, -0.15) is 8.42 Å². The zero-order valence-electron chi connectivity index (χ0n) is 12.6. The molecule has 0 unspecified atom stereocenters. The van der Waals surface area contributed by atoms with Gasteiger partial charge in [0.2, 0.25) is 11.7 Å². The molecule has 25 heavy (non-hydrogen) atoms. The maximum absolute atomic E-state index is 13.2. The molecule has 0 aliphatic carbocycles. The number of nitrogens with zero attached hydrogens (tertiary/aromatic N) is 3. The number of amidine groups is 1. The van der Waals surface area contributed by atoms with Crippen LogP contribution in [0.2, 0.25) is 0 Å². The summed E-state index contributed by atoms with van der Waals surface area (Å²) in [4.78, 5) is 0. The molecule has 14 heteroatoms. The van der Waals surface area contributed by atoms with E-state index in [-0.39, 0.29) is 36.1 Å². The Bertz CT molecular complexity index is 869. The van der Waals surface area contributed by atoms with E-state index < -0.39 is 16.0 Å². The van der Waals surface area contributed by atoms with Gasteiger partial charge < -0.3 is 21.6 Å². The molecule has 0 saturated heterocycles. The van der Waals surface area contributed by atoms with Crippen LogP contribution >= 0.6 is 0 Å². The summed E-state index contributed by atoms with van der Waals surface area (Å²) in [6, 6.07) is 3.79. The average Bonchev–Trinajstić information content (AvgIpc) is 3.00. The first kappa shape index (κ1) is 18.4. The van der Waals surface area contributed by atoms with E-state index in [4.69, 9.17) is 16.1 Å². The summed E-state index contributed by atoms with van der Waals surface area (Å²) in [5.41, 5.74) is 5.69. The summed E-state index contributed by atoms with van der Waals surface area (Å²) >= 11 is 0. The van der Waals surface area contributed by atoms with E-state index in [2.05, 4.69) is 35.5 Å². The number of nitrogens with two attached hydrogens (primary N) is 2. The lowest BCUT2D eigenvalue weighted by Crippen LogP contribution is -2.34. The highest BCUT2D eigenvalue weighted by molar-refractivity contribution is 7.87. The van der Waals surface area contributed by atoms with Gasteiger partial charge in [-0.25, -0.2) is 18.9 Å². The molecule has 1 aromatic carbocycles. The number of hydrogen-bond donors (Lipinski definition) is 6. The van der Waals surface area contributed by atoms with Crippen LogP contribution < -0.4 is 26.2 Å². The van der Waals surface area contributed by atoms with E-state index in [1.54, 1.807) is 0 Å². The Morgan fingerprint density at radius 3 is 2.76 bits per heavy atom. The fraction of sp³-hybridized carbons (Fsp3) is 0.182. The zero-order valence-corrected chi connectivity index (χ0v) is 13.4. The minimum Gasteiger partial charge on any atom is -0.409 e. The number of benzene rings is 1. The Labute approximate surface area is 141 Å². The van der Waals surface area contributed by atoms with Crippen molar-refractivity contribution in [3.63, 3.8) is 0 Å². The Morgan fingerprint density at radius 2 is 2.12 bits per heavy atom. The summed E-state index contributed by atoms with van der Waals surface area (Å²) in [7, 11) is -3.81. The third-order valence-electron chi connectivity index (χ3n) is 2.79. The van der Waals surface area contributed by atoms with E-state index in [9.17, 15) is 12.8 Å². The molecule has 1 heterocycles. The quantitative estimate of drug-likeness (QED) is 0.0902. The molecule has 136 valence electrons. The van der Waals surface area contributed by atoms with E-state index >= 15 is 0 Å². The molecule has 0 bridgehead atoms. The zero-order chi connectivity index (χ0) is 18.4. The molecule has 2 aromatic rings. The van der Waals surface area contributed by atoms with Gasteiger partial charge in [-0.3, -0.25) is 0 Å². The Balaban J connectivity index is 2.06. The van der Waals surface area contributed by atoms with Crippen molar-refractivity contribution in [1.29, 1.82) is 0 Å². The number of anilines is 3. The van der Waals surface area contributed by atoms with Gasteiger partial charge in [-0.05, 0) is 28.5 Å². The number of rotatable bonds is 7. The predicted octanol–water partition coefficient (Wildman–Crippen LogP) is -0.756. The van der Waals surface area contributed by atoms with Gasteiger partial charge in [0.05, 0.1) is 5.69 Å². The largest absolute Gasteiger partial charge is 0.409 e. The van der Waals surface area contributed by atoms with Crippen LogP contribution in [0.1, 0.15) is 5.69 Å². The first-order valence-electron chi connectivity index (χ1n) is 6.68. The number of aromatic nitrogens is 2. The number of nitrogen functional groups attached to an aromatic ring is 1. The lowest BCUT2D eigenvalue weighted by atomic mass is 10.2. The van der Waals surface area contributed by atoms with Crippen molar-refractivity contribution in [1.82, 2.24) is 15.0 Å². The van der Waals surface area contributed by atoms with Crippen LogP contribution in [-0.2, 0) is 10.2 Å². The molecule has 0 spiro atoms. The minimum atomic E-state index is -3.81. The van der Waals surface area contributed by atoms with Crippen LogP contribution in [0.3, 0.4) is 0 Å². The highest BCUT2D eigenvalue weighted by atomic mass is 32.2. The Morgan fingerprint density at radius 1 is 1.36 bits per heavy atom. The van der Waals surface area contributed by atoms with Crippen LogP contribution in [-0.4, -0.2) is 42.9 Å².